The van der Waals surface area contributed by atoms with Crippen LogP contribution in [0.5, 0.6) is 0 Å². The lowest BCUT2D eigenvalue weighted by Gasteiger charge is -2.21. The Bertz CT molecular complexity index is 343. The van der Waals surface area contributed by atoms with Gasteiger partial charge in [-0.15, -0.1) is 0 Å². The molecule has 1 N–H and O–H groups in total. The van der Waals surface area contributed by atoms with Crippen LogP contribution in [0.1, 0.15) is 39.2 Å². The van der Waals surface area contributed by atoms with Gasteiger partial charge in [-0.2, -0.15) is 0 Å². The SMILES string of the molecule is CCNC(CCCc1cc(F)cc(F)c1)C(C)C. The minimum atomic E-state index is -0.489. The summed E-state index contributed by atoms with van der Waals surface area (Å²) in [7, 11) is 0. The Hall–Kier alpha value is -0.960. The fourth-order valence-corrected chi connectivity index (χ4v) is 2.21. The number of hydrogen-bond donors (Lipinski definition) is 1. The highest BCUT2D eigenvalue weighted by Crippen LogP contribution is 2.14. The molecule has 1 atom stereocenters. The Morgan fingerprint density at radius 2 is 1.72 bits per heavy atom. The first-order valence-electron chi connectivity index (χ1n) is 6.71. The van der Waals surface area contributed by atoms with Gasteiger partial charge in [0.1, 0.15) is 11.6 Å². The molecular formula is C15H23F2N. The van der Waals surface area contributed by atoms with Crippen LogP contribution in [0.25, 0.3) is 0 Å². The summed E-state index contributed by atoms with van der Waals surface area (Å²) in [5.41, 5.74) is 0.742. The molecule has 0 saturated carbocycles. The second kappa shape index (κ2) is 7.47. The van der Waals surface area contributed by atoms with Crippen molar-refractivity contribution in [2.45, 2.75) is 46.1 Å². The van der Waals surface area contributed by atoms with Crippen LogP contribution in [0.4, 0.5) is 8.78 Å². The monoisotopic (exact) mass is 255 g/mol. The second-order valence-corrected chi connectivity index (χ2v) is 5.08. The molecule has 0 fully saturated rings. The molecule has 0 spiro atoms. The van der Waals surface area contributed by atoms with E-state index < -0.39 is 11.6 Å². The topological polar surface area (TPSA) is 12.0 Å². The highest BCUT2D eigenvalue weighted by molar-refractivity contribution is 5.17. The van der Waals surface area contributed by atoms with Gasteiger partial charge in [0.05, 0.1) is 0 Å². The predicted molar refractivity (Wildman–Crippen MR) is 71.6 cm³/mol. The molecule has 102 valence electrons. The van der Waals surface area contributed by atoms with E-state index in [1.54, 1.807) is 0 Å². The Balaban J connectivity index is 2.44. The fourth-order valence-electron chi connectivity index (χ4n) is 2.21. The fraction of sp³-hybridized carbons (Fsp3) is 0.600. The third-order valence-corrected chi connectivity index (χ3v) is 3.17. The summed E-state index contributed by atoms with van der Waals surface area (Å²) in [5, 5.41) is 3.44. The second-order valence-electron chi connectivity index (χ2n) is 5.08. The largest absolute Gasteiger partial charge is 0.314 e. The molecule has 0 aromatic heterocycles. The van der Waals surface area contributed by atoms with E-state index in [2.05, 4.69) is 26.1 Å². The number of rotatable bonds is 7. The van der Waals surface area contributed by atoms with Gasteiger partial charge in [0.15, 0.2) is 0 Å². The lowest BCUT2D eigenvalue weighted by Crippen LogP contribution is -2.33. The van der Waals surface area contributed by atoms with Gasteiger partial charge in [-0.3, -0.25) is 0 Å². The average molecular weight is 255 g/mol. The lowest BCUT2D eigenvalue weighted by atomic mass is 9.96. The molecule has 0 aliphatic carbocycles. The van der Waals surface area contributed by atoms with Crippen LogP contribution in [0.15, 0.2) is 18.2 Å². The van der Waals surface area contributed by atoms with Crippen LogP contribution in [0.2, 0.25) is 0 Å². The highest BCUT2D eigenvalue weighted by atomic mass is 19.1. The summed E-state index contributed by atoms with van der Waals surface area (Å²) in [6, 6.07) is 4.23. The first-order chi connectivity index (χ1) is 8.52. The first-order valence-corrected chi connectivity index (χ1v) is 6.71. The van der Waals surface area contributed by atoms with Crippen LogP contribution >= 0.6 is 0 Å². The van der Waals surface area contributed by atoms with Crippen molar-refractivity contribution in [2.75, 3.05) is 6.54 Å². The molecule has 0 saturated heterocycles. The molecule has 1 aromatic carbocycles. The Morgan fingerprint density at radius 1 is 1.11 bits per heavy atom. The summed E-state index contributed by atoms with van der Waals surface area (Å²) in [6.07, 6.45) is 2.70. The van der Waals surface area contributed by atoms with Gasteiger partial charge in [0.25, 0.3) is 0 Å². The van der Waals surface area contributed by atoms with Crippen LogP contribution < -0.4 is 5.32 Å². The van der Waals surface area contributed by atoms with Crippen molar-refractivity contribution in [3.05, 3.63) is 35.4 Å². The predicted octanol–water partition coefficient (Wildman–Crippen LogP) is 3.92. The van der Waals surface area contributed by atoms with Crippen molar-refractivity contribution in [3.8, 4) is 0 Å². The zero-order valence-corrected chi connectivity index (χ0v) is 11.5. The minimum Gasteiger partial charge on any atom is -0.314 e. The normalized spacial score (nSPS) is 13.0. The molecule has 1 nitrogen and oxygen atoms in total. The van der Waals surface area contributed by atoms with E-state index in [-0.39, 0.29) is 0 Å². The van der Waals surface area contributed by atoms with E-state index in [1.807, 2.05) is 0 Å². The molecule has 18 heavy (non-hydrogen) atoms. The van der Waals surface area contributed by atoms with Gasteiger partial charge < -0.3 is 5.32 Å². The van der Waals surface area contributed by atoms with Crippen molar-refractivity contribution in [1.82, 2.24) is 5.32 Å². The smallest absolute Gasteiger partial charge is 0.126 e. The van der Waals surface area contributed by atoms with E-state index in [0.29, 0.717) is 12.0 Å². The van der Waals surface area contributed by atoms with E-state index >= 15 is 0 Å². The van der Waals surface area contributed by atoms with Gasteiger partial charge in [0.2, 0.25) is 0 Å². The zero-order valence-electron chi connectivity index (χ0n) is 11.5. The first kappa shape index (κ1) is 15.1. The van der Waals surface area contributed by atoms with Gasteiger partial charge >= 0.3 is 0 Å². The Kier molecular flexibility index (Phi) is 6.27. The quantitative estimate of drug-likeness (QED) is 0.778. The van der Waals surface area contributed by atoms with E-state index in [1.165, 1.54) is 12.1 Å². The Labute approximate surface area is 109 Å². The standard InChI is InChI=1S/C15H23F2N/c1-4-18-15(11(2)3)7-5-6-12-8-13(16)10-14(17)9-12/h8-11,15,18H,4-7H2,1-3H3. The van der Waals surface area contributed by atoms with E-state index in [4.69, 9.17) is 0 Å². The third kappa shape index (κ3) is 5.13. The molecule has 0 aliphatic rings. The van der Waals surface area contributed by atoms with Gasteiger partial charge in [-0.05, 0) is 49.4 Å². The Morgan fingerprint density at radius 3 is 2.22 bits per heavy atom. The van der Waals surface area contributed by atoms with Crippen molar-refractivity contribution in [1.29, 1.82) is 0 Å². The third-order valence-electron chi connectivity index (χ3n) is 3.17. The molecule has 0 heterocycles. The van der Waals surface area contributed by atoms with Crippen LogP contribution in [0.3, 0.4) is 0 Å². The molecule has 1 rings (SSSR count). The molecule has 0 amide bonds. The molecule has 1 aromatic rings. The number of aryl methyl sites for hydroxylation is 1. The number of nitrogens with one attached hydrogen (secondary N) is 1. The van der Waals surface area contributed by atoms with Crippen molar-refractivity contribution < 1.29 is 8.78 Å². The van der Waals surface area contributed by atoms with Crippen molar-refractivity contribution >= 4 is 0 Å². The lowest BCUT2D eigenvalue weighted by molar-refractivity contribution is 0.377. The van der Waals surface area contributed by atoms with Crippen molar-refractivity contribution in [3.63, 3.8) is 0 Å². The van der Waals surface area contributed by atoms with E-state index in [0.717, 1.165) is 37.4 Å². The molecule has 1 unspecified atom stereocenters. The molecule has 0 bridgehead atoms. The molecule has 0 radical (unpaired) electrons. The number of hydrogen-bond acceptors (Lipinski definition) is 1. The van der Waals surface area contributed by atoms with E-state index in [9.17, 15) is 8.78 Å². The zero-order chi connectivity index (χ0) is 13.5. The van der Waals surface area contributed by atoms with Crippen LogP contribution in [0, 0.1) is 17.6 Å². The number of halogens is 2. The average Bonchev–Trinajstić information content (AvgIpc) is 2.26. The number of benzene rings is 1. The maximum Gasteiger partial charge on any atom is 0.126 e. The molecule has 3 heteroatoms. The molecular weight excluding hydrogens is 232 g/mol. The van der Waals surface area contributed by atoms with Crippen LogP contribution in [-0.2, 0) is 6.42 Å². The summed E-state index contributed by atoms with van der Waals surface area (Å²) in [5.74, 6) is -0.400. The highest BCUT2D eigenvalue weighted by Gasteiger charge is 2.11. The van der Waals surface area contributed by atoms with Gasteiger partial charge in [0, 0.05) is 12.1 Å². The maximum absolute atomic E-state index is 13.0. The van der Waals surface area contributed by atoms with Crippen molar-refractivity contribution in [2.24, 2.45) is 5.92 Å². The summed E-state index contributed by atoms with van der Waals surface area (Å²) < 4.78 is 26.0. The maximum atomic E-state index is 13.0. The molecule has 0 aliphatic heterocycles. The van der Waals surface area contributed by atoms with Crippen LogP contribution in [-0.4, -0.2) is 12.6 Å². The minimum absolute atomic E-state index is 0.480. The summed E-state index contributed by atoms with van der Waals surface area (Å²) in [4.78, 5) is 0. The summed E-state index contributed by atoms with van der Waals surface area (Å²) in [6.45, 7) is 7.43. The summed E-state index contributed by atoms with van der Waals surface area (Å²) >= 11 is 0. The van der Waals surface area contributed by atoms with Gasteiger partial charge in [-0.25, -0.2) is 8.78 Å². The van der Waals surface area contributed by atoms with Gasteiger partial charge in [-0.1, -0.05) is 20.8 Å².